The number of hydrogen-bond donors (Lipinski definition) is 3. The number of sulfone groups is 1. The number of halogens is 1. The Morgan fingerprint density at radius 2 is 1.97 bits per heavy atom. The number of nitrogens with zero attached hydrogens (tertiary/aromatic N) is 3. The van der Waals surface area contributed by atoms with Crippen molar-refractivity contribution in [2.45, 2.75) is 11.8 Å². The van der Waals surface area contributed by atoms with E-state index in [1.54, 1.807) is 25.1 Å². The summed E-state index contributed by atoms with van der Waals surface area (Å²) in [6.07, 6.45) is 2.63. The van der Waals surface area contributed by atoms with E-state index in [9.17, 15) is 12.8 Å². The highest BCUT2D eigenvalue weighted by atomic mass is 32.2. The molecule has 0 amide bonds. The quantitative estimate of drug-likeness (QED) is 0.470. The minimum atomic E-state index is -3.36. The van der Waals surface area contributed by atoms with Gasteiger partial charge in [-0.25, -0.2) is 17.8 Å². The molecule has 0 aliphatic heterocycles. The largest absolute Gasteiger partial charge is 0.383 e. The van der Waals surface area contributed by atoms with Gasteiger partial charge in [-0.2, -0.15) is 10.1 Å². The van der Waals surface area contributed by atoms with Gasteiger partial charge in [0.2, 0.25) is 5.95 Å². The number of nitrogens with one attached hydrogen (secondary N) is 2. The van der Waals surface area contributed by atoms with Crippen molar-refractivity contribution in [2.75, 3.05) is 17.3 Å². The van der Waals surface area contributed by atoms with Gasteiger partial charge in [-0.05, 0) is 48.9 Å². The second-order valence-electron chi connectivity index (χ2n) is 6.69. The van der Waals surface area contributed by atoms with Gasteiger partial charge >= 0.3 is 0 Å². The summed E-state index contributed by atoms with van der Waals surface area (Å²) in [5.41, 5.74) is 8.94. The van der Waals surface area contributed by atoms with E-state index in [1.807, 2.05) is 0 Å². The summed E-state index contributed by atoms with van der Waals surface area (Å²) in [7, 11) is -3.36. The van der Waals surface area contributed by atoms with Crippen molar-refractivity contribution in [3.63, 3.8) is 0 Å². The van der Waals surface area contributed by atoms with Crippen LogP contribution in [0.3, 0.4) is 0 Å². The van der Waals surface area contributed by atoms with Gasteiger partial charge in [-0.15, -0.1) is 0 Å². The normalized spacial score (nSPS) is 11.7. The Kier molecular flexibility index (Phi) is 4.42. The van der Waals surface area contributed by atoms with E-state index in [2.05, 4.69) is 25.5 Å². The summed E-state index contributed by atoms with van der Waals surface area (Å²) in [4.78, 5) is 8.67. The van der Waals surface area contributed by atoms with Crippen LogP contribution in [0.1, 0.15) is 5.56 Å². The summed E-state index contributed by atoms with van der Waals surface area (Å²) in [6.45, 7) is 1.79. The summed E-state index contributed by atoms with van der Waals surface area (Å²) in [6, 6.07) is 9.14. The molecular formula is C19H17FN6O2S. The first-order valence-corrected chi connectivity index (χ1v) is 10.4. The average Bonchev–Trinajstić information content (AvgIpc) is 3.03. The molecule has 0 unspecified atom stereocenters. The second kappa shape index (κ2) is 6.82. The van der Waals surface area contributed by atoms with Crippen molar-refractivity contribution in [3.05, 3.63) is 54.0 Å². The molecule has 0 atom stereocenters. The maximum atomic E-state index is 13.6. The number of aromatic amines is 1. The van der Waals surface area contributed by atoms with Crippen LogP contribution in [0.15, 0.2) is 47.5 Å². The number of fused-ring (bicyclic) bond motifs is 1. The fraction of sp³-hybridized carbons (Fsp3) is 0.105. The number of anilines is 3. The molecule has 2 aromatic heterocycles. The molecule has 10 heteroatoms. The number of nitrogen functional groups attached to an aromatic ring is 1. The fourth-order valence-corrected chi connectivity index (χ4v) is 3.73. The Balaban J connectivity index is 1.69. The first-order chi connectivity index (χ1) is 13.7. The van der Waals surface area contributed by atoms with E-state index < -0.39 is 9.84 Å². The molecule has 29 heavy (non-hydrogen) atoms. The standard InChI is InChI=1S/C19H17FN6O2S/c1-10-5-12(8-13(6-10)29(2,27)28)23-19-22-9-15(18(21)24-19)17-14-7-11(20)3-4-16(14)25-26-17/h3-9H,1-2H3,(H,25,26)(H3,21,22,23,24). The zero-order chi connectivity index (χ0) is 20.8. The minimum absolute atomic E-state index is 0.149. The fourth-order valence-electron chi connectivity index (χ4n) is 2.99. The molecule has 0 aliphatic carbocycles. The molecule has 0 saturated heterocycles. The van der Waals surface area contributed by atoms with Crippen LogP contribution < -0.4 is 11.1 Å². The number of H-pyrrole nitrogens is 1. The van der Waals surface area contributed by atoms with E-state index in [1.165, 1.54) is 24.4 Å². The molecule has 0 radical (unpaired) electrons. The van der Waals surface area contributed by atoms with Crippen molar-refractivity contribution in [1.82, 2.24) is 20.2 Å². The van der Waals surface area contributed by atoms with E-state index in [0.29, 0.717) is 27.8 Å². The Labute approximate surface area is 165 Å². The van der Waals surface area contributed by atoms with Crippen molar-refractivity contribution in [1.29, 1.82) is 0 Å². The Morgan fingerprint density at radius 1 is 1.17 bits per heavy atom. The zero-order valence-electron chi connectivity index (χ0n) is 15.6. The second-order valence-corrected chi connectivity index (χ2v) is 8.70. The number of hydrogen-bond acceptors (Lipinski definition) is 7. The van der Waals surface area contributed by atoms with Crippen LogP contribution in [-0.2, 0) is 9.84 Å². The van der Waals surface area contributed by atoms with Crippen LogP contribution in [0.2, 0.25) is 0 Å². The van der Waals surface area contributed by atoms with Gasteiger partial charge in [-0.1, -0.05) is 0 Å². The van der Waals surface area contributed by atoms with Gasteiger partial charge < -0.3 is 11.1 Å². The molecule has 0 spiro atoms. The van der Waals surface area contributed by atoms with Crippen LogP contribution >= 0.6 is 0 Å². The molecule has 0 fully saturated rings. The van der Waals surface area contributed by atoms with Crippen LogP contribution in [0, 0.1) is 12.7 Å². The van der Waals surface area contributed by atoms with E-state index in [0.717, 1.165) is 11.8 Å². The maximum absolute atomic E-state index is 13.6. The Hall–Kier alpha value is -3.53. The highest BCUT2D eigenvalue weighted by Crippen LogP contribution is 2.30. The van der Waals surface area contributed by atoms with Gasteiger partial charge in [0.25, 0.3) is 0 Å². The number of aromatic nitrogens is 4. The molecule has 148 valence electrons. The molecule has 0 saturated carbocycles. The first-order valence-electron chi connectivity index (χ1n) is 8.56. The average molecular weight is 412 g/mol. The molecule has 2 aromatic carbocycles. The molecule has 0 aliphatic rings. The highest BCUT2D eigenvalue weighted by Gasteiger charge is 2.15. The van der Waals surface area contributed by atoms with Crippen molar-refractivity contribution in [2.24, 2.45) is 0 Å². The monoisotopic (exact) mass is 412 g/mol. The summed E-state index contributed by atoms with van der Waals surface area (Å²) in [5.74, 6) is -0.0440. The predicted molar refractivity (Wildman–Crippen MR) is 109 cm³/mol. The van der Waals surface area contributed by atoms with Crippen LogP contribution in [0.25, 0.3) is 22.2 Å². The Morgan fingerprint density at radius 3 is 2.69 bits per heavy atom. The summed E-state index contributed by atoms with van der Waals surface area (Å²) >= 11 is 0. The first kappa shape index (κ1) is 18.8. The van der Waals surface area contributed by atoms with Crippen LogP contribution in [-0.4, -0.2) is 34.8 Å². The lowest BCUT2D eigenvalue weighted by Crippen LogP contribution is -2.04. The molecular weight excluding hydrogens is 395 g/mol. The lowest BCUT2D eigenvalue weighted by atomic mass is 10.1. The third-order valence-corrected chi connectivity index (χ3v) is 5.43. The third-order valence-electron chi connectivity index (χ3n) is 4.33. The highest BCUT2D eigenvalue weighted by molar-refractivity contribution is 7.90. The molecule has 4 N–H and O–H groups in total. The van der Waals surface area contributed by atoms with Crippen LogP contribution in [0.4, 0.5) is 21.8 Å². The number of nitrogens with two attached hydrogens (primary N) is 1. The maximum Gasteiger partial charge on any atom is 0.229 e. The smallest absolute Gasteiger partial charge is 0.229 e. The van der Waals surface area contributed by atoms with Gasteiger partial charge in [0.15, 0.2) is 9.84 Å². The topological polar surface area (TPSA) is 127 Å². The summed E-state index contributed by atoms with van der Waals surface area (Å²) < 4.78 is 37.3. The van der Waals surface area contributed by atoms with Crippen molar-refractivity contribution < 1.29 is 12.8 Å². The van der Waals surface area contributed by atoms with Gasteiger partial charge in [-0.3, -0.25) is 5.10 Å². The summed E-state index contributed by atoms with van der Waals surface area (Å²) in [5, 5.41) is 10.5. The predicted octanol–water partition coefficient (Wildman–Crippen LogP) is 3.20. The molecule has 4 aromatic rings. The molecule has 4 rings (SSSR count). The number of benzene rings is 2. The SMILES string of the molecule is Cc1cc(Nc2ncc(-c3n[nH]c4ccc(F)cc34)c(N)n2)cc(S(C)(=O)=O)c1. The lowest BCUT2D eigenvalue weighted by molar-refractivity contribution is 0.602. The lowest BCUT2D eigenvalue weighted by Gasteiger charge is -2.10. The molecule has 0 bridgehead atoms. The van der Waals surface area contributed by atoms with Crippen molar-refractivity contribution >= 4 is 38.2 Å². The zero-order valence-corrected chi connectivity index (χ0v) is 16.4. The van der Waals surface area contributed by atoms with Gasteiger partial charge in [0, 0.05) is 23.5 Å². The molecule has 8 nitrogen and oxygen atoms in total. The number of rotatable bonds is 4. The van der Waals surface area contributed by atoms with Gasteiger partial charge in [0.1, 0.15) is 17.3 Å². The Bertz CT molecular complexity index is 1350. The minimum Gasteiger partial charge on any atom is -0.383 e. The van der Waals surface area contributed by atoms with Gasteiger partial charge in [0.05, 0.1) is 16.0 Å². The molecule has 2 heterocycles. The third kappa shape index (κ3) is 3.74. The van der Waals surface area contributed by atoms with E-state index in [4.69, 9.17) is 5.73 Å². The van der Waals surface area contributed by atoms with Crippen LogP contribution in [0.5, 0.6) is 0 Å². The van der Waals surface area contributed by atoms with E-state index >= 15 is 0 Å². The number of aryl methyl sites for hydroxylation is 1. The van der Waals surface area contributed by atoms with E-state index in [-0.39, 0.29) is 22.5 Å². The van der Waals surface area contributed by atoms with Crippen molar-refractivity contribution in [3.8, 4) is 11.3 Å².